The smallest absolute Gasteiger partial charge is 0.0512 e. The Balaban J connectivity index is 2.01. The molecule has 0 bridgehead atoms. The standard InChI is InChI=1S/C12H17BrN2/c1-2-3-9-7-15(8-9)12-5-4-10(14)6-11(12)13/h4-6,9H,2-3,7-8,14H2,1H3. The van der Waals surface area contributed by atoms with Gasteiger partial charge in [-0.1, -0.05) is 13.3 Å². The zero-order chi connectivity index (χ0) is 10.8. The van der Waals surface area contributed by atoms with E-state index in [2.05, 4.69) is 33.8 Å². The summed E-state index contributed by atoms with van der Waals surface area (Å²) < 4.78 is 1.11. The number of nitrogens with zero attached hydrogens (tertiary/aromatic N) is 1. The van der Waals surface area contributed by atoms with Crippen molar-refractivity contribution in [1.82, 2.24) is 0 Å². The first-order valence-corrected chi connectivity index (χ1v) is 6.30. The molecule has 0 amide bonds. The van der Waals surface area contributed by atoms with Crippen molar-refractivity contribution in [3.05, 3.63) is 22.7 Å². The van der Waals surface area contributed by atoms with Crippen molar-refractivity contribution in [1.29, 1.82) is 0 Å². The molecule has 2 nitrogen and oxygen atoms in total. The van der Waals surface area contributed by atoms with Crippen molar-refractivity contribution in [2.45, 2.75) is 19.8 Å². The molecule has 1 aliphatic heterocycles. The molecular weight excluding hydrogens is 252 g/mol. The summed E-state index contributed by atoms with van der Waals surface area (Å²) in [6.45, 7) is 4.63. The van der Waals surface area contributed by atoms with Gasteiger partial charge in [0.25, 0.3) is 0 Å². The van der Waals surface area contributed by atoms with Crippen LogP contribution >= 0.6 is 15.9 Å². The highest BCUT2D eigenvalue weighted by Crippen LogP contribution is 2.34. The van der Waals surface area contributed by atoms with Gasteiger partial charge in [-0.25, -0.2) is 0 Å². The Morgan fingerprint density at radius 2 is 2.20 bits per heavy atom. The van der Waals surface area contributed by atoms with Gasteiger partial charge in [-0.2, -0.15) is 0 Å². The zero-order valence-corrected chi connectivity index (χ0v) is 10.6. The van der Waals surface area contributed by atoms with Gasteiger partial charge in [-0.3, -0.25) is 0 Å². The Kier molecular flexibility index (Phi) is 3.19. The fraction of sp³-hybridized carbons (Fsp3) is 0.500. The zero-order valence-electron chi connectivity index (χ0n) is 9.04. The fourth-order valence-electron chi connectivity index (χ4n) is 2.14. The fourth-order valence-corrected chi connectivity index (χ4v) is 2.78. The van der Waals surface area contributed by atoms with Crippen molar-refractivity contribution >= 4 is 27.3 Å². The van der Waals surface area contributed by atoms with Gasteiger partial charge >= 0.3 is 0 Å². The van der Waals surface area contributed by atoms with E-state index >= 15 is 0 Å². The predicted molar refractivity (Wildman–Crippen MR) is 69.2 cm³/mol. The number of halogens is 1. The highest BCUT2D eigenvalue weighted by atomic mass is 79.9. The number of anilines is 2. The van der Waals surface area contributed by atoms with E-state index in [1.165, 1.54) is 31.6 Å². The molecule has 15 heavy (non-hydrogen) atoms. The lowest BCUT2D eigenvalue weighted by atomic mass is 9.94. The third-order valence-corrected chi connectivity index (χ3v) is 3.60. The van der Waals surface area contributed by atoms with E-state index in [9.17, 15) is 0 Å². The lowest BCUT2D eigenvalue weighted by Gasteiger charge is -2.41. The lowest BCUT2D eigenvalue weighted by molar-refractivity contribution is 0.380. The van der Waals surface area contributed by atoms with Gasteiger partial charge in [0.1, 0.15) is 0 Å². The van der Waals surface area contributed by atoms with E-state index in [0.717, 1.165) is 16.1 Å². The second kappa shape index (κ2) is 4.44. The van der Waals surface area contributed by atoms with E-state index in [1.54, 1.807) is 0 Å². The summed E-state index contributed by atoms with van der Waals surface area (Å²) in [4.78, 5) is 2.41. The van der Waals surface area contributed by atoms with Crippen LogP contribution in [-0.4, -0.2) is 13.1 Å². The van der Waals surface area contributed by atoms with Gasteiger partial charge in [-0.05, 0) is 46.5 Å². The molecule has 0 aliphatic carbocycles. The first-order valence-electron chi connectivity index (χ1n) is 5.50. The van der Waals surface area contributed by atoms with Gasteiger partial charge in [0.15, 0.2) is 0 Å². The topological polar surface area (TPSA) is 29.3 Å². The Bertz CT molecular complexity index is 345. The van der Waals surface area contributed by atoms with Crippen molar-refractivity contribution in [2.24, 2.45) is 5.92 Å². The molecule has 0 unspecified atom stereocenters. The Morgan fingerprint density at radius 1 is 1.47 bits per heavy atom. The monoisotopic (exact) mass is 268 g/mol. The number of nitrogens with two attached hydrogens (primary N) is 1. The predicted octanol–water partition coefficient (Wildman–Crippen LogP) is 3.27. The van der Waals surface area contributed by atoms with E-state index in [1.807, 2.05) is 12.1 Å². The highest BCUT2D eigenvalue weighted by molar-refractivity contribution is 9.10. The van der Waals surface area contributed by atoms with E-state index in [0.29, 0.717) is 0 Å². The first-order chi connectivity index (χ1) is 7.20. The van der Waals surface area contributed by atoms with Crippen molar-refractivity contribution in [3.8, 4) is 0 Å². The highest BCUT2D eigenvalue weighted by Gasteiger charge is 2.26. The first kappa shape index (κ1) is 10.8. The molecule has 0 saturated carbocycles. The molecule has 1 saturated heterocycles. The maximum atomic E-state index is 5.71. The normalized spacial score (nSPS) is 16.5. The van der Waals surface area contributed by atoms with Crippen LogP contribution in [0.1, 0.15) is 19.8 Å². The molecule has 0 aromatic heterocycles. The van der Waals surface area contributed by atoms with E-state index in [4.69, 9.17) is 5.73 Å². The maximum Gasteiger partial charge on any atom is 0.0512 e. The van der Waals surface area contributed by atoms with Crippen LogP contribution in [0.5, 0.6) is 0 Å². The number of hydrogen-bond donors (Lipinski definition) is 1. The maximum absolute atomic E-state index is 5.71. The summed E-state index contributed by atoms with van der Waals surface area (Å²) in [7, 11) is 0. The second-order valence-electron chi connectivity index (χ2n) is 4.27. The molecule has 0 spiro atoms. The minimum atomic E-state index is 0.816. The molecule has 0 atom stereocenters. The molecule has 82 valence electrons. The van der Waals surface area contributed by atoms with Crippen LogP contribution in [0.2, 0.25) is 0 Å². The molecule has 1 aromatic rings. The van der Waals surface area contributed by atoms with Crippen LogP contribution < -0.4 is 10.6 Å². The van der Waals surface area contributed by atoms with Crippen LogP contribution in [0.15, 0.2) is 22.7 Å². The average molecular weight is 269 g/mol. The SMILES string of the molecule is CCCC1CN(c2ccc(N)cc2Br)C1. The second-order valence-corrected chi connectivity index (χ2v) is 5.12. The summed E-state index contributed by atoms with van der Waals surface area (Å²) in [5, 5.41) is 0. The van der Waals surface area contributed by atoms with Crippen molar-refractivity contribution in [2.75, 3.05) is 23.7 Å². The molecular formula is C12H17BrN2. The molecule has 0 radical (unpaired) electrons. The molecule has 3 heteroatoms. The average Bonchev–Trinajstić information content (AvgIpc) is 2.12. The van der Waals surface area contributed by atoms with Crippen LogP contribution in [0.3, 0.4) is 0 Å². The minimum Gasteiger partial charge on any atom is -0.399 e. The largest absolute Gasteiger partial charge is 0.399 e. The molecule has 1 heterocycles. The van der Waals surface area contributed by atoms with Gasteiger partial charge < -0.3 is 10.6 Å². The molecule has 1 aromatic carbocycles. The summed E-state index contributed by atoms with van der Waals surface area (Å²) in [6.07, 6.45) is 2.64. The van der Waals surface area contributed by atoms with Crippen molar-refractivity contribution < 1.29 is 0 Å². The van der Waals surface area contributed by atoms with Crippen LogP contribution in [0.4, 0.5) is 11.4 Å². The molecule has 1 fully saturated rings. The number of nitrogen functional groups attached to an aromatic ring is 1. The molecule has 2 rings (SSSR count). The van der Waals surface area contributed by atoms with Gasteiger partial charge in [-0.15, -0.1) is 0 Å². The van der Waals surface area contributed by atoms with E-state index in [-0.39, 0.29) is 0 Å². The van der Waals surface area contributed by atoms with Gasteiger partial charge in [0.2, 0.25) is 0 Å². The molecule has 1 aliphatic rings. The Labute approximate surface area is 99.6 Å². The van der Waals surface area contributed by atoms with Gasteiger partial charge in [0.05, 0.1) is 5.69 Å². The van der Waals surface area contributed by atoms with Crippen molar-refractivity contribution in [3.63, 3.8) is 0 Å². The Hall–Kier alpha value is -0.700. The summed E-state index contributed by atoms with van der Waals surface area (Å²) in [5.74, 6) is 0.888. The van der Waals surface area contributed by atoms with E-state index < -0.39 is 0 Å². The summed E-state index contributed by atoms with van der Waals surface area (Å²) in [6, 6.07) is 6.04. The summed E-state index contributed by atoms with van der Waals surface area (Å²) >= 11 is 3.56. The van der Waals surface area contributed by atoms with Crippen LogP contribution in [0, 0.1) is 5.92 Å². The third-order valence-electron chi connectivity index (χ3n) is 2.97. The minimum absolute atomic E-state index is 0.816. The molecule has 2 N–H and O–H groups in total. The third kappa shape index (κ3) is 2.28. The van der Waals surface area contributed by atoms with Crippen LogP contribution in [-0.2, 0) is 0 Å². The number of hydrogen-bond acceptors (Lipinski definition) is 2. The quantitative estimate of drug-likeness (QED) is 0.853. The van der Waals surface area contributed by atoms with Crippen LogP contribution in [0.25, 0.3) is 0 Å². The number of rotatable bonds is 3. The summed E-state index contributed by atoms with van der Waals surface area (Å²) in [5.41, 5.74) is 7.80. The Morgan fingerprint density at radius 3 is 2.80 bits per heavy atom. The lowest BCUT2D eigenvalue weighted by Crippen LogP contribution is -2.46. The number of benzene rings is 1. The van der Waals surface area contributed by atoms with Gasteiger partial charge in [0, 0.05) is 23.2 Å².